The molecule has 1 aliphatic carbocycles. The maximum atomic E-state index is 12.6. The van der Waals surface area contributed by atoms with Crippen LogP contribution in [-0.2, 0) is 22.7 Å². The lowest BCUT2D eigenvalue weighted by Crippen LogP contribution is -2.34. The Balaban J connectivity index is 1.36. The van der Waals surface area contributed by atoms with Gasteiger partial charge in [-0.25, -0.2) is 4.68 Å². The number of aryl methyl sites for hydroxylation is 2. The average Bonchev–Trinajstić information content (AvgIpc) is 3.41. The Morgan fingerprint density at radius 3 is 2.42 bits per heavy atom. The fraction of sp³-hybridized carbons (Fsp3) is 0.522. The van der Waals surface area contributed by atoms with E-state index in [2.05, 4.69) is 22.5 Å². The van der Waals surface area contributed by atoms with Gasteiger partial charge in [0.1, 0.15) is 11.9 Å². The Kier molecular flexibility index (Phi) is 4.97. The van der Waals surface area contributed by atoms with E-state index in [1.165, 1.54) is 15.6 Å². The number of hydrogen-bond acceptors (Lipinski definition) is 5. The highest BCUT2D eigenvalue weighted by Crippen LogP contribution is 2.47. The second kappa shape index (κ2) is 7.67. The molecular weight excluding hydrogens is 396 g/mol. The Morgan fingerprint density at radius 2 is 1.71 bits per heavy atom. The number of aromatic nitrogens is 2. The van der Waals surface area contributed by atoms with Gasteiger partial charge in [0, 0.05) is 11.6 Å². The van der Waals surface area contributed by atoms with Crippen molar-refractivity contribution in [1.82, 2.24) is 20.0 Å². The fourth-order valence-electron chi connectivity index (χ4n) is 4.84. The second-order valence-electron chi connectivity index (χ2n) is 9.05. The molecule has 1 saturated carbocycles. The lowest BCUT2D eigenvalue weighted by Gasteiger charge is -2.26. The lowest BCUT2D eigenvalue weighted by molar-refractivity contribution is -0.142. The molecule has 1 aromatic carbocycles. The number of fused-ring (bicyclic) bond motifs is 1. The molecule has 2 atom stereocenters. The molecule has 2 amide bonds. The van der Waals surface area contributed by atoms with E-state index < -0.39 is 0 Å². The first-order valence-corrected chi connectivity index (χ1v) is 11.0. The number of benzene rings is 1. The maximum absolute atomic E-state index is 12.6. The largest absolute Gasteiger partial charge is 0.490 e. The summed E-state index contributed by atoms with van der Waals surface area (Å²) >= 11 is 0. The number of carbonyl (C=O) groups excluding carboxylic acids is 2. The predicted octanol–water partition coefficient (Wildman–Crippen LogP) is 1.48. The van der Waals surface area contributed by atoms with E-state index in [0.29, 0.717) is 18.7 Å². The van der Waals surface area contributed by atoms with Crippen molar-refractivity contribution in [3.63, 3.8) is 0 Å². The summed E-state index contributed by atoms with van der Waals surface area (Å²) < 4.78 is 7.90. The third kappa shape index (κ3) is 3.80. The number of amides is 2. The second-order valence-corrected chi connectivity index (χ2v) is 9.05. The Hall–Kier alpha value is -2.87. The van der Waals surface area contributed by atoms with Crippen molar-refractivity contribution in [3.05, 3.63) is 50.9 Å². The first-order chi connectivity index (χ1) is 14.9. The highest BCUT2D eigenvalue weighted by Gasteiger charge is 2.58. The van der Waals surface area contributed by atoms with Gasteiger partial charge in [-0.05, 0) is 51.8 Å². The minimum absolute atomic E-state index is 0.115. The van der Waals surface area contributed by atoms with Crippen LogP contribution in [0.25, 0.3) is 0 Å². The van der Waals surface area contributed by atoms with Crippen molar-refractivity contribution in [2.24, 2.45) is 11.8 Å². The summed E-state index contributed by atoms with van der Waals surface area (Å²) in [5.74, 6) is 0.342. The van der Waals surface area contributed by atoms with Gasteiger partial charge in [0.15, 0.2) is 0 Å². The van der Waals surface area contributed by atoms with Crippen LogP contribution in [0.2, 0.25) is 0 Å². The van der Waals surface area contributed by atoms with Crippen molar-refractivity contribution in [1.29, 1.82) is 0 Å². The topological polar surface area (TPSA) is 96.4 Å². The van der Waals surface area contributed by atoms with Crippen LogP contribution in [0.3, 0.4) is 0 Å². The van der Waals surface area contributed by atoms with Crippen LogP contribution in [0.1, 0.15) is 41.6 Å². The number of ether oxygens (including phenoxy) is 1. The number of nitrogens with zero attached hydrogens (tertiary/aromatic N) is 2. The molecule has 3 aliphatic rings. The summed E-state index contributed by atoms with van der Waals surface area (Å²) in [5, 5.41) is 6.44. The van der Waals surface area contributed by atoms with Crippen LogP contribution in [0.4, 0.5) is 0 Å². The van der Waals surface area contributed by atoms with Gasteiger partial charge in [0.2, 0.25) is 11.8 Å². The molecule has 1 aromatic heterocycles. The SMILES string of the molecule is Cc1cc(C)c(OC2CCNCC2)c(Cn2[nH]c(CN3C(=O)C4CC4C3=O)cc2=O)c1. The number of rotatable bonds is 6. The number of imide groups is 1. The molecule has 0 spiro atoms. The molecule has 0 radical (unpaired) electrons. The van der Waals surface area contributed by atoms with Gasteiger partial charge in [-0.2, -0.15) is 0 Å². The number of piperidine rings is 2. The van der Waals surface area contributed by atoms with Gasteiger partial charge in [0.05, 0.1) is 30.6 Å². The smallest absolute Gasteiger partial charge is 0.267 e. The fourth-order valence-corrected chi connectivity index (χ4v) is 4.84. The van der Waals surface area contributed by atoms with Gasteiger partial charge >= 0.3 is 0 Å². The zero-order chi connectivity index (χ0) is 21.7. The number of aromatic amines is 1. The van der Waals surface area contributed by atoms with Crippen LogP contribution in [0.5, 0.6) is 5.75 Å². The number of nitrogens with one attached hydrogen (secondary N) is 2. The maximum Gasteiger partial charge on any atom is 0.267 e. The Morgan fingerprint density at radius 1 is 1.00 bits per heavy atom. The van der Waals surface area contributed by atoms with E-state index in [1.807, 2.05) is 13.8 Å². The Labute approximate surface area is 180 Å². The predicted molar refractivity (Wildman–Crippen MR) is 114 cm³/mol. The van der Waals surface area contributed by atoms with E-state index in [4.69, 9.17) is 4.74 Å². The van der Waals surface area contributed by atoms with Gasteiger partial charge in [-0.3, -0.25) is 24.4 Å². The van der Waals surface area contributed by atoms with Crippen LogP contribution >= 0.6 is 0 Å². The average molecular weight is 425 g/mol. The zero-order valence-electron chi connectivity index (χ0n) is 17.9. The van der Waals surface area contributed by atoms with Crippen LogP contribution in [0.15, 0.2) is 23.0 Å². The van der Waals surface area contributed by atoms with Gasteiger partial charge in [-0.15, -0.1) is 0 Å². The minimum Gasteiger partial charge on any atom is -0.490 e. The molecule has 0 bridgehead atoms. The molecule has 2 aliphatic heterocycles. The molecule has 31 heavy (non-hydrogen) atoms. The molecule has 2 N–H and O–H groups in total. The summed E-state index contributed by atoms with van der Waals surface area (Å²) in [4.78, 5) is 38.4. The zero-order valence-corrected chi connectivity index (χ0v) is 17.9. The first kappa shape index (κ1) is 20.1. The summed E-state index contributed by atoms with van der Waals surface area (Å²) in [5.41, 5.74) is 3.49. The van der Waals surface area contributed by atoms with Crippen molar-refractivity contribution in [2.75, 3.05) is 13.1 Å². The molecule has 8 heteroatoms. The number of carbonyl (C=O) groups is 2. The Bertz CT molecular complexity index is 1080. The highest BCUT2D eigenvalue weighted by molar-refractivity contribution is 6.08. The third-order valence-electron chi connectivity index (χ3n) is 6.52. The van der Waals surface area contributed by atoms with Gasteiger partial charge in [0.25, 0.3) is 5.56 Å². The summed E-state index contributed by atoms with van der Waals surface area (Å²) in [6.45, 7) is 6.42. The van der Waals surface area contributed by atoms with E-state index in [-0.39, 0.29) is 41.9 Å². The minimum atomic E-state index is -0.189. The van der Waals surface area contributed by atoms with E-state index in [9.17, 15) is 14.4 Å². The standard InChI is InChI=1S/C23H28N4O4/c1-13-7-14(2)21(31-17-3-5-24-6-4-17)15(8-13)11-27-20(28)9-16(25-27)12-26-22(29)18-10-19(18)23(26)30/h7-9,17-19,24-25H,3-6,10-12H2,1-2H3. The highest BCUT2D eigenvalue weighted by atomic mass is 16.5. The quantitative estimate of drug-likeness (QED) is 0.685. The van der Waals surface area contributed by atoms with Crippen LogP contribution in [-0.4, -0.2) is 45.7 Å². The number of H-pyrrole nitrogens is 1. The molecule has 8 nitrogen and oxygen atoms in total. The molecule has 164 valence electrons. The van der Waals surface area contributed by atoms with Crippen molar-refractivity contribution < 1.29 is 14.3 Å². The normalized spacial score (nSPS) is 23.4. The van der Waals surface area contributed by atoms with Crippen LogP contribution < -0.4 is 15.6 Å². The third-order valence-corrected chi connectivity index (χ3v) is 6.52. The summed E-state index contributed by atoms with van der Waals surface area (Å²) in [7, 11) is 0. The van der Waals surface area contributed by atoms with Crippen LogP contribution in [0, 0.1) is 25.7 Å². The lowest BCUT2D eigenvalue weighted by atomic mass is 10.0. The molecule has 2 saturated heterocycles. The van der Waals surface area contributed by atoms with Crippen molar-refractivity contribution in [3.8, 4) is 5.75 Å². The summed E-state index contributed by atoms with van der Waals surface area (Å²) in [6.07, 6.45) is 2.76. The number of likely N-dealkylation sites (tertiary alicyclic amines) is 1. The molecule has 2 unspecified atom stereocenters. The van der Waals surface area contributed by atoms with Crippen molar-refractivity contribution >= 4 is 11.8 Å². The van der Waals surface area contributed by atoms with E-state index >= 15 is 0 Å². The molecular formula is C23H28N4O4. The molecule has 2 aromatic rings. The monoisotopic (exact) mass is 424 g/mol. The van der Waals surface area contributed by atoms with Gasteiger partial charge in [-0.1, -0.05) is 17.7 Å². The molecule has 3 fully saturated rings. The van der Waals surface area contributed by atoms with Crippen molar-refractivity contribution in [2.45, 2.75) is 52.3 Å². The van der Waals surface area contributed by atoms with E-state index in [0.717, 1.165) is 48.4 Å². The summed E-state index contributed by atoms with van der Waals surface area (Å²) in [6, 6.07) is 5.62. The number of hydrogen-bond donors (Lipinski definition) is 2. The first-order valence-electron chi connectivity index (χ1n) is 11.0. The molecule has 5 rings (SSSR count). The molecule has 3 heterocycles. The van der Waals surface area contributed by atoms with Gasteiger partial charge < -0.3 is 10.1 Å². The van der Waals surface area contributed by atoms with E-state index in [1.54, 1.807) is 0 Å².